The maximum atomic E-state index is 14.6. The SMILES string of the molecule is C=CCCC(O)CN(CCOC)Cc1c(C(C)C)nn(-c2ccccc2)c1Oc1ccccc1F. The number of rotatable bonds is 14. The van der Waals surface area contributed by atoms with Gasteiger partial charge in [-0.2, -0.15) is 5.10 Å². The summed E-state index contributed by atoms with van der Waals surface area (Å²) in [6.07, 6.45) is 2.67. The van der Waals surface area contributed by atoms with Crippen molar-refractivity contribution in [2.24, 2.45) is 0 Å². The van der Waals surface area contributed by atoms with Gasteiger partial charge in [0.2, 0.25) is 5.88 Å². The lowest BCUT2D eigenvalue weighted by Gasteiger charge is -2.25. The number of aliphatic hydroxyl groups is 1. The Hall–Kier alpha value is -3.00. The lowest BCUT2D eigenvalue weighted by Crippen LogP contribution is -2.34. The number of allylic oxidation sites excluding steroid dienone is 1. The van der Waals surface area contributed by atoms with E-state index in [0.717, 1.165) is 23.4 Å². The summed E-state index contributed by atoms with van der Waals surface area (Å²) in [6, 6.07) is 16.0. The highest BCUT2D eigenvalue weighted by molar-refractivity contribution is 5.44. The van der Waals surface area contributed by atoms with Gasteiger partial charge in [0.1, 0.15) is 0 Å². The number of aromatic nitrogens is 2. The van der Waals surface area contributed by atoms with Crippen molar-refractivity contribution in [3.63, 3.8) is 0 Å². The van der Waals surface area contributed by atoms with Crippen molar-refractivity contribution < 1.29 is 19.0 Å². The molecule has 0 bridgehead atoms. The molecule has 0 radical (unpaired) electrons. The van der Waals surface area contributed by atoms with E-state index in [4.69, 9.17) is 14.6 Å². The maximum absolute atomic E-state index is 14.6. The number of ether oxygens (including phenoxy) is 2. The number of nitrogens with zero attached hydrogens (tertiary/aromatic N) is 3. The van der Waals surface area contributed by atoms with Crippen LogP contribution in [0.25, 0.3) is 5.69 Å². The van der Waals surface area contributed by atoms with E-state index < -0.39 is 11.9 Å². The molecule has 2 aromatic carbocycles. The van der Waals surface area contributed by atoms with Crippen LogP contribution in [0.2, 0.25) is 0 Å². The zero-order valence-corrected chi connectivity index (χ0v) is 20.9. The Labute approximate surface area is 207 Å². The van der Waals surface area contributed by atoms with Crippen LogP contribution < -0.4 is 4.74 Å². The topological polar surface area (TPSA) is 59.8 Å². The van der Waals surface area contributed by atoms with Crippen molar-refractivity contribution >= 4 is 0 Å². The quantitative estimate of drug-likeness (QED) is 0.299. The molecule has 1 N–H and O–H groups in total. The van der Waals surface area contributed by atoms with E-state index in [1.807, 2.05) is 36.4 Å². The Morgan fingerprint density at radius 3 is 2.51 bits per heavy atom. The molecule has 6 nitrogen and oxygen atoms in total. The molecule has 35 heavy (non-hydrogen) atoms. The molecule has 0 spiro atoms. The number of hydrogen-bond donors (Lipinski definition) is 1. The molecule has 3 rings (SSSR count). The predicted molar refractivity (Wildman–Crippen MR) is 137 cm³/mol. The Morgan fingerprint density at radius 2 is 1.86 bits per heavy atom. The van der Waals surface area contributed by atoms with Gasteiger partial charge in [-0.3, -0.25) is 4.90 Å². The van der Waals surface area contributed by atoms with E-state index in [0.29, 0.717) is 38.5 Å². The molecule has 0 fully saturated rings. The van der Waals surface area contributed by atoms with E-state index in [1.165, 1.54) is 6.07 Å². The van der Waals surface area contributed by atoms with Gasteiger partial charge in [0, 0.05) is 26.7 Å². The molecule has 0 aliphatic rings. The standard InChI is InChI=1S/C28H36FN3O3/c1-5-6-14-23(33)19-31(17-18-34-4)20-24-27(21(2)3)30-32(22-12-8-7-9-13-22)28(24)35-26-16-11-10-15-25(26)29/h5,7-13,15-16,21,23,33H,1,6,14,17-20H2,2-4H3. The second-order valence-electron chi connectivity index (χ2n) is 8.85. The second-order valence-corrected chi connectivity index (χ2v) is 8.85. The Bertz CT molecular complexity index is 1070. The third kappa shape index (κ3) is 7.24. The van der Waals surface area contributed by atoms with Crippen LogP contribution in [0.1, 0.15) is 43.9 Å². The molecule has 1 heterocycles. The van der Waals surface area contributed by atoms with Crippen molar-refractivity contribution in [3.8, 4) is 17.3 Å². The fourth-order valence-corrected chi connectivity index (χ4v) is 3.92. The molecule has 0 aliphatic carbocycles. The first-order chi connectivity index (χ1) is 16.9. The van der Waals surface area contributed by atoms with Crippen molar-refractivity contribution in [3.05, 3.63) is 84.3 Å². The van der Waals surface area contributed by atoms with Crippen molar-refractivity contribution in [2.45, 2.75) is 45.3 Å². The fourth-order valence-electron chi connectivity index (χ4n) is 3.92. The predicted octanol–water partition coefficient (Wildman–Crippen LogP) is 5.70. The lowest BCUT2D eigenvalue weighted by atomic mass is 10.0. The average Bonchev–Trinajstić information content (AvgIpc) is 3.21. The van der Waals surface area contributed by atoms with Gasteiger partial charge in [0.25, 0.3) is 0 Å². The summed E-state index contributed by atoms with van der Waals surface area (Å²) < 4.78 is 27.9. The minimum absolute atomic E-state index is 0.105. The maximum Gasteiger partial charge on any atom is 0.227 e. The number of hydrogen-bond acceptors (Lipinski definition) is 5. The van der Waals surface area contributed by atoms with E-state index >= 15 is 0 Å². The zero-order chi connectivity index (χ0) is 25.2. The molecular weight excluding hydrogens is 445 g/mol. The Morgan fingerprint density at radius 1 is 1.14 bits per heavy atom. The van der Waals surface area contributed by atoms with Crippen LogP contribution >= 0.6 is 0 Å². The Balaban J connectivity index is 2.06. The van der Waals surface area contributed by atoms with Gasteiger partial charge in [-0.05, 0) is 43.0 Å². The van der Waals surface area contributed by atoms with E-state index in [1.54, 1.807) is 30.0 Å². The van der Waals surface area contributed by atoms with Gasteiger partial charge in [-0.1, -0.05) is 50.3 Å². The normalized spacial score (nSPS) is 12.3. The van der Waals surface area contributed by atoms with Crippen molar-refractivity contribution in [1.82, 2.24) is 14.7 Å². The zero-order valence-electron chi connectivity index (χ0n) is 20.9. The number of para-hydroxylation sites is 2. The molecule has 0 amide bonds. The van der Waals surface area contributed by atoms with Crippen molar-refractivity contribution in [1.29, 1.82) is 0 Å². The van der Waals surface area contributed by atoms with Crippen molar-refractivity contribution in [2.75, 3.05) is 26.8 Å². The third-order valence-corrected chi connectivity index (χ3v) is 5.72. The minimum atomic E-state index is -0.507. The molecule has 188 valence electrons. The lowest BCUT2D eigenvalue weighted by molar-refractivity contribution is 0.0804. The van der Waals surface area contributed by atoms with Gasteiger partial charge in [0.05, 0.1) is 29.7 Å². The molecule has 0 aliphatic heterocycles. The number of aliphatic hydroxyl groups excluding tert-OH is 1. The largest absolute Gasteiger partial charge is 0.435 e. The van der Waals surface area contributed by atoms with Crippen LogP contribution in [0, 0.1) is 5.82 Å². The summed E-state index contributed by atoms with van der Waals surface area (Å²) in [7, 11) is 1.66. The monoisotopic (exact) mass is 481 g/mol. The summed E-state index contributed by atoms with van der Waals surface area (Å²) >= 11 is 0. The molecule has 1 unspecified atom stereocenters. The molecule has 0 saturated carbocycles. The fraction of sp³-hybridized carbons (Fsp3) is 0.393. The highest BCUT2D eigenvalue weighted by Crippen LogP contribution is 2.35. The molecule has 7 heteroatoms. The first kappa shape index (κ1) is 26.6. The highest BCUT2D eigenvalue weighted by Gasteiger charge is 2.26. The molecule has 1 atom stereocenters. The van der Waals surface area contributed by atoms with E-state index in [9.17, 15) is 9.50 Å². The van der Waals surface area contributed by atoms with Gasteiger partial charge < -0.3 is 14.6 Å². The smallest absolute Gasteiger partial charge is 0.227 e. The van der Waals surface area contributed by atoms with Crippen LogP contribution in [-0.4, -0.2) is 52.7 Å². The van der Waals surface area contributed by atoms with Crippen LogP contribution in [0.4, 0.5) is 4.39 Å². The van der Waals surface area contributed by atoms with Gasteiger partial charge in [-0.15, -0.1) is 6.58 Å². The first-order valence-corrected chi connectivity index (χ1v) is 12.0. The molecule has 3 aromatic rings. The molecule has 0 saturated heterocycles. The van der Waals surface area contributed by atoms with Crippen LogP contribution in [0.3, 0.4) is 0 Å². The van der Waals surface area contributed by atoms with E-state index in [2.05, 4.69) is 25.3 Å². The van der Waals surface area contributed by atoms with E-state index in [-0.39, 0.29) is 11.7 Å². The number of benzene rings is 2. The summed E-state index contributed by atoms with van der Waals surface area (Å²) in [5.74, 6) is 0.262. The van der Waals surface area contributed by atoms with Gasteiger partial charge >= 0.3 is 0 Å². The molecule has 1 aromatic heterocycles. The Kier molecular flexibility index (Phi) is 10.0. The second kappa shape index (κ2) is 13.2. The summed E-state index contributed by atoms with van der Waals surface area (Å²) in [5.41, 5.74) is 2.55. The summed E-state index contributed by atoms with van der Waals surface area (Å²) in [5, 5.41) is 15.5. The van der Waals surface area contributed by atoms with Crippen LogP contribution in [0.5, 0.6) is 11.6 Å². The first-order valence-electron chi connectivity index (χ1n) is 12.0. The number of methoxy groups -OCH3 is 1. The molecular formula is C28H36FN3O3. The van der Waals surface area contributed by atoms with Crippen LogP contribution in [-0.2, 0) is 11.3 Å². The minimum Gasteiger partial charge on any atom is -0.435 e. The summed E-state index contributed by atoms with van der Waals surface area (Å²) in [4.78, 5) is 2.13. The summed E-state index contributed by atoms with van der Waals surface area (Å²) in [6.45, 7) is 9.97. The average molecular weight is 482 g/mol. The highest BCUT2D eigenvalue weighted by atomic mass is 19.1. The van der Waals surface area contributed by atoms with Gasteiger partial charge in [0.15, 0.2) is 11.6 Å². The number of halogens is 1. The third-order valence-electron chi connectivity index (χ3n) is 5.72. The van der Waals surface area contributed by atoms with Gasteiger partial charge in [-0.25, -0.2) is 9.07 Å². The van der Waals surface area contributed by atoms with Crippen LogP contribution in [0.15, 0.2) is 67.3 Å².